The Morgan fingerprint density at radius 2 is 1.63 bits per heavy atom. The number of carbonyl (C=O) groups is 3. The summed E-state index contributed by atoms with van der Waals surface area (Å²) in [4.78, 5) is 47.1. The van der Waals surface area contributed by atoms with Crippen molar-refractivity contribution < 1.29 is 19.1 Å². The predicted octanol–water partition coefficient (Wildman–Crippen LogP) is 4.92. The Kier molecular flexibility index (Phi) is 9.80. The number of carbonyl (C=O) groups excluding carboxylic acids is 3. The summed E-state index contributed by atoms with van der Waals surface area (Å²) in [7, 11) is 1.58. The Morgan fingerprint density at radius 1 is 0.927 bits per heavy atom. The first kappa shape index (κ1) is 29.0. The molecule has 5 rings (SSSR count). The molecule has 2 aromatic carbocycles. The van der Waals surface area contributed by atoms with Crippen LogP contribution in [-0.2, 0) is 11.3 Å². The Balaban J connectivity index is 1.02. The van der Waals surface area contributed by atoms with Gasteiger partial charge in [-0.2, -0.15) is 0 Å². The molecule has 2 aliphatic rings. The molecule has 0 spiro atoms. The quantitative estimate of drug-likeness (QED) is 0.346. The molecule has 2 saturated heterocycles. The van der Waals surface area contributed by atoms with Gasteiger partial charge in [-0.05, 0) is 55.5 Å². The molecule has 3 heterocycles. The van der Waals surface area contributed by atoms with Crippen molar-refractivity contribution in [2.24, 2.45) is 0 Å². The van der Waals surface area contributed by atoms with Gasteiger partial charge in [0.05, 0.1) is 12.1 Å². The molecule has 2 aliphatic heterocycles. The molecule has 0 radical (unpaired) electrons. The van der Waals surface area contributed by atoms with Crippen LogP contribution in [0.2, 0.25) is 0 Å². The second-order valence-corrected chi connectivity index (χ2v) is 11.8. The van der Waals surface area contributed by atoms with Crippen LogP contribution < -0.4 is 10.1 Å². The van der Waals surface area contributed by atoms with Crippen LogP contribution in [-0.4, -0.2) is 71.7 Å². The lowest BCUT2D eigenvalue weighted by Crippen LogP contribution is -2.44. The van der Waals surface area contributed by atoms with Crippen LogP contribution in [0, 0.1) is 0 Å². The first-order valence-corrected chi connectivity index (χ1v) is 15.3. The molecule has 216 valence electrons. The number of nitrogens with zero attached hydrogens (tertiary/aromatic N) is 3. The highest BCUT2D eigenvalue weighted by Gasteiger charge is 2.27. The van der Waals surface area contributed by atoms with Gasteiger partial charge in [0.2, 0.25) is 5.91 Å². The molecule has 3 aromatic rings. The van der Waals surface area contributed by atoms with E-state index in [1.807, 2.05) is 16.3 Å². The van der Waals surface area contributed by atoms with Crippen molar-refractivity contribution in [1.29, 1.82) is 0 Å². The van der Waals surface area contributed by atoms with E-state index in [0.29, 0.717) is 30.1 Å². The lowest BCUT2D eigenvalue weighted by Gasteiger charge is -2.32. The zero-order valence-electron chi connectivity index (χ0n) is 23.6. The fraction of sp³-hybridized carbons (Fsp3) is 0.438. The second kappa shape index (κ2) is 13.9. The molecule has 8 nitrogen and oxygen atoms in total. The largest absolute Gasteiger partial charge is 0.497 e. The van der Waals surface area contributed by atoms with Crippen LogP contribution in [0.3, 0.4) is 0 Å². The molecule has 0 saturated carbocycles. The smallest absolute Gasteiger partial charge is 0.270 e. The number of piperidine rings is 2. The van der Waals surface area contributed by atoms with E-state index < -0.39 is 0 Å². The average Bonchev–Trinajstić information content (AvgIpc) is 3.52. The van der Waals surface area contributed by atoms with Crippen molar-refractivity contribution in [2.75, 3.05) is 33.3 Å². The molecule has 2 fully saturated rings. The number of Topliss-reactive ketones (excluding diaryl/α,β-unsaturated/α-hetero) is 1. The molecule has 1 aromatic heterocycles. The fourth-order valence-corrected chi connectivity index (χ4v) is 6.56. The standard InChI is InChI=1S/C32H38N4O4S/c1-40-27-9-7-24(8-10-27)29(37)11-12-30(38)36-19-13-25(14-20-36)32-34-28(22-41-32)31(39)33-26-15-17-35(18-16-26)21-23-5-3-2-4-6-23/h2-10,22,25-26H,11-21H2,1H3,(H,33,39). The van der Waals surface area contributed by atoms with Crippen molar-refractivity contribution in [3.63, 3.8) is 0 Å². The summed E-state index contributed by atoms with van der Waals surface area (Å²) in [6.07, 6.45) is 3.91. The molecule has 41 heavy (non-hydrogen) atoms. The van der Waals surface area contributed by atoms with E-state index in [1.54, 1.807) is 31.4 Å². The third-order valence-electron chi connectivity index (χ3n) is 8.10. The number of ether oxygens (including phenoxy) is 1. The van der Waals surface area contributed by atoms with E-state index in [-0.39, 0.29) is 42.4 Å². The van der Waals surface area contributed by atoms with Crippen molar-refractivity contribution in [3.8, 4) is 5.75 Å². The third kappa shape index (κ3) is 7.80. The first-order chi connectivity index (χ1) is 20.0. The lowest BCUT2D eigenvalue weighted by atomic mass is 9.97. The molecule has 0 unspecified atom stereocenters. The Bertz CT molecular complexity index is 1310. The van der Waals surface area contributed by atoms with E-state index in [1.165, 1.54) is 16.9 Å². The van der Waals surface area contributed by atoms with Gasteiger partial charge in [-0.1, -0.05) is 30.3 Å². The number of hydrogen-bond acceptors (Lipinski definition) is 7. The number of aromatic nitrogens is 1. The summed E-state index contributed by atoms with van der Waals surface area (Å²) >= 11 is 1.53. The number of nitrogens with one attached hydrogen (secondary N) is 1. The van der Waals surface area contributed by atoms with Gasteiger partial charge >= 0.3 is 0 Å². The minimum atomic E-state index is -0.0943. The molecular weight excluding hydrogens is 536 g/mol. The molecule has 2 amide bonds. The normalized spacial score (nSPS) is 16.9. The van der Waals surface area contributed by atoms with Gasteiger partial charge < -0.3 is 15.0 Å². The monoisotopic (exact) mass is 574 g/mol. The van der Waals surface area contributed by atoms with Crippen molar-refractivity contribution in [3.05, 3.63) is 81.8 Å². The molecular formula is C32H38N4O4S. The fourth-order valence-electron chi connectivity index (χ4n) is 5.59. The van der Waals surface area contributed by atoms with Crippen LogP contribution in [0.5, 0.6) is 5.75 Å². The van der Waals surface area contributed by atoms with Gasteiger partial charge in [-0.25, -0.2) is 4.98 Å². The number of hydrogen-bond donors (Lipinski definition) is 1. The van der Waals surface area contributed by atoms with E-state index in [0.717, 1.165) is 50.3 Å². The van der Waals surface area contributed by atoms with Gasteiger partial charge in [-0.15, -0.1) is 11.3 Å². The summed E-state index contributed by atoms with van der Waals surface area (Å²) in [5, 5.41) is 6.02. The summed E-state index contributed by atoms with van der Waals surface area (Å²) in [5.74, 6) is 0.821. The zero-order chi connectivity index (χ0) is 28.6. The number of ketones is 1. The van der Waals surface area contributed by atoms with Gasteiger partial charge in [0.1, 0.15) is 11.4 Å². The summed E-state index contributed by atoms with van der Waals surface area (Å²) in [6.45, 7) is 4.17. The van der Waals surface area contributed by atoms with Crippen LogP contribution >= 0.6 is 11.3 Å². The average molecular weight is 575 g/mol. The molecule has 0 bridgehead atoms. The molecule has 9 heteroatoms. The molecule has 1 N–H and O–H groups in total. The maximum Gasteiger partial charge on any atom is 0.270 e. The van der Waals surface area contributed by atoms with Crippen LogP contribution in [0.25, 0.3) is 0 Å². The van der Waals surface area contributed by atoms with Crippen molar-refractivity contribution >= 4 is 28.9 Å². The van der Waals surface area contributed by atoms with Crippen molar-refractivity contribution in [2.45, 2.75) is 57.0 Å². The maximum absolute atomic E-state index is 12.9. The van der Waals surface area contributed by atoms with Crippen LogP contribution in [0.1, 0.15) is 75.9 Å². The Labute approximate surface area is 245 Å². The number of benzene rings is 2. The van der Waals surface area contributed by atoms with Crippen molar-refractivity contribution in [1.82, 2.24) is 20.1 Å². The topological polar surface area (TPSA) is 91.8 Å². The Morgan fingerprint density at radius 3 is 2.32 bits per heavy atom. The highest BCUT2D eigenvalue weighted by atomic mass is 32.1. The predicted molar refractivity (Wildman–Crippen MR) is 159 cm³/mol. The number of likely N-dealkylation sites (tertiary alicyclic amines) is 2. The number of thiazole rings is 1. The van der Waals surface area contributed by atoms with E-state index in [2.05, 4.69) is 39.5 Å². The lowest BCUT2D eigenvalue weighted by molar-refractivity contribution is -0.132. The number of amides is 2. The molecule has 0 aliphatic carbocycles. The number of rotatable bonds is 10. The summed E-state index contributed by atoms with van der Waals surface area (Å²) in [5.41, 5.74) is 2.40. The van der Waals surface area contributed by atoms with Gasteiger partial charge in [0.15, 0.2) is 5.78 Å². The highest BCUT2D eigenvalue weighted by molar-refractivity contribution is 7.09. The van der Waals surface area contributed by atoms with E-state index >= 15 is 0 Å². The molecule has 0 atom stereocenters. The SMILES string of the molecule is COc1ccc(C(=O)CCC(=O)N2CCC(c3nc(C(=O)NC4CCN(Cc5ccccc5)CC4)cs3)CC2)cc1. The third-order valence-corrected chi connectivity index (χ3v) is 9.11. The summed E-state index contributed by atoms with van der Waals surface area (Å²) in [6, 6.07) is 17.6. The second-order valence-electron chi connectivity index (χ2n) is 10.9. The number of methoxy groups -OCH3 is 1. The Hall–Kier alpha value is -3.56. The van der Waals surface area contributed by atoms with Crippen LogP contribution in [0.15, 0.2) is 60.0 Å². The van der Waals surface area contributed by atoms with E-state index in [9.17, 15) is 14.4 Å². The maximum atomic E-state index is 12.9. The van der Waals surface area contributed by atoms with Gasteiger partial charge in [0, 0.05) is 68.5 Å². The van der Waals surface area contributed by atoms with Gasteiger partial charge in [0.25, 0.3) is 5.91 Å². The van der Waals surface area contributed by atoms with E-state index in [4.69, 9.17) is 4.74 Å². The van der Waals surface area contributed by atoms with Crippen LogP contribution in [0.4, 0.5) is 0 Å². The minimum Gasteiger partial charge on any atom is -0.497 e. The minimum absolute atomic E-state index is 0.0133. The first-order valence-electron chi connectivity index (χ1n) is 14.5. The van der Waals surface area contributed by atoms with Gasteiger partial charge in [-0.3, -0.25) is 19.3 Å². The highest BCUT2D eigenvalue weighted by Crippen LogP contribution is 2.31. The summed E-state index contributed by atoms with van der Waals surface area (Å²) < 4.78 is 5.13. The zero-order valence-corrected chi connectivity index (χ0v) is 24.4.